The highest BCUT2D eigenvalue weighted by molar-refractivity contribution is 5.91. The lowest BCUT2D eigenvalue weighted by atomic mass is 10.1. The number of carbonyl (C=O) groups is 1. The molecule has 0 bridgehead atoms. The van der Waals surface area contributed by atoms with Crippen molar-refractivity contribution < 1.29 is 9.21 Å². The van der Waals surface area contributed by atoms with Crippen LogP contribution in [-0.2, 0) is 6.42 Å². The van der Waals surface area contributed by atoms with Crippen molar-refractivity contribution in [3.8, 4) is 0 Å². The zero-order valence-electron chi connectivity index (χ0n) is 9.51. The van der Waals surface area contributed by atoms with Gasteiger partial charge < -0.3 is 9.73 Å². The number of carbonyl (C=O) groups excluding carboxylic acids is 1. The van der Waals surface area contributed by atoms with E-state index in [0.29, 0.717) is 5.69 Å². The van der Waals surface area contributed by atoms with Gasteiger partial charge in [0.2, 0.25) is 0 Å². The van der Waals surface area contributed by atoms with Crippen molar-refractivity contribution in [3.05, 3.63) is 36.0 Å². The molecule has 6 heteroatoms. The van der Waals surface area contributed by atoms with Gasteiger partial charge in [0.15, 0.2) is 5.69 Å². The summed E-state index contributed by atoms with van der Waals surface area (Å²) in [5, 5.41) is 12.5. The van der Waals surface area contributed by atoms with Crippen molar-refractivity contribution in [3.63, 3.8) is 0 Å². The SMILES string of the molecule is CC(CCc1ccco1)NC(=O)c1cn[nH]n1. The molecule has 2 aromatic rings. The van der Waals surface area contributed by atoms with Gasteiger partial charge in [0, 0.05) is 12.5 Å². The molecule has 0 aliphatic heterocycles. The van der Waals surface area contributed by atoms with Crippen molar-refractivity contribution in [2.45, 2.75) is 25.8 Å². The zero-order valence-corrected chi connectivity index (χ0v) is 9.51. The second-order valence-corrected chi connectivity index (χ2v) is 3.85. The Morgan fingerprint density at radius 3 is 3.18 bits per heavy atom. The third-order valence-electron chi connectivity index (χ3n) is 2.43. The van der Waals surface area contributed by atoms with Crippen LogP contribution in [0.2, 0.25) is 0 Å². The summed E-state index contributed by atoms with van der Waals surface area (Å²) in [4.78, 5) is 11.6. The number of aryl methyl sites for hydroxylation is 1. The van der Waals surface area contributed by atoms with Crippen LogP contribution < -0.4 is 5.32 Å². The van der Waals surface area contributed by atoms with Crippen LogP contribution in [0.5, 0.6) is 0 Å². The fourth-order valence-corrected chi connectivity index (χ4v) is 1.49. The van der Waals surface area contributed by atoms with E-state index >= 15 is 0 Å². The average molecular weight is 234 g/mol. The van der Waals surface area contributed by atoms with Crippen LogP contribution in [0, 0.1) is 0 Å². The number of aromatic nitrogens is 3. The van der Waals surface area contributed by atoms with Gasteiger partial charge in [-0.3, -0.25) is 4.79 Å². The van der Waals surface area contributed by atoms with Crippen molar-refractivity contribution in [2.75, 3.05) is 0 Å². The highest BCUT2D eigenvalue weighted by Crippen LogP contribution is 2.06. The molecule has 0 aromatic carbocycles. The molecule has 0 aliphatic rings. The smallest absolute Gasteiger partial charge is 0.273 e. The van der Waals surface area contributed by atoms with Gasteiger partial charge in [0.25, 0.3) is 5.91 Å². The standard InChI is InChI=1S/C11H14N4O2/c1-8(4-5-9-3-2-6-17-9)13-11(16)10-7-12-15-14-10/h2-3,6-8H,4-5H2,1H3,(H,13,16)(H,12,14,15). The molecular formula is C11H14N4O2. The summed E-state index contributed by atoms with van der Waals surface area (Å²) in [6, 6.07) is 3.84. The third kappa shape index (κ3) is 3.17. The molecule has 2 N–H and O–H groups in total. The molecule has 0 fully saturated rings. The van der Waals surface area contributed by atoms with Crippen molar-refractivity contribution in [2.24, 2.45) is 0 Å². The molecule has 0 saturated carbocycles. The first kappa shape index (κ1) is 11.4. The highest BCUT2D eigenvalue weighted by Gasteiger charge is 2.12. The van der Waals surface area contributed by atoms with Gasteiger partial charge in [-0.15, -0.1) is 0 Å². The first-order valence-electron chi connectivity index (χ1n) is 5.44. The Kier molecular flexibility index (Phi) is 3.54. The molecule has 90 valence electrons. The summed E-state index contributed by atoms with van der Waals surface area (Å²) >= 11 is 0. The lowest BCUT2D eigenvalue weighted by molar-refractivity contribution is 0.0933. The Hall–Kier alpha value is -2.11. The number of hydrogen-bond acceptors (Lipinski definition) is 4. The van der Waals surface area contributed by atoms with E-state index in [1.165, 1.54) is 6.20 Å². The average Bonchev–Trinajstić information content (AvgIpc) is 2.99. The molecule has 6 nitrogen and oxygen atoms in total. The number of nitrogens with zero attached hydrogens (tertiary/aromatic N) is 2. The van der Waals surface area contributed by atoms with Crippen LogP contribution in [0.15, 0.2) is 29.0 Å². The molecule has 0 radical (unpaired) electrons. The van der Waals surface area contributed by atoms with Gasteiger partial charge in [-0.1, -0.05) is 0 Å². The predicted octanol–water partition coefficient (Wildman–Crippen LogP) is 1.15. The van der Waals surface area contributed by atoms with Crippen LogP contribution >= 0.6 is 0 Å². The van der Waals surface area contributed by atoms with Crippen LogP contribution in [-0.4, -0.2) is 27.4 Å². The third-order valence-corrected chi connectivity index (χ3v) is 2.43. The minimum atomic E-state index is -0.217. The monoisotopic (exact) mass is 234 g/mol. The van der Waals surface area contributed by atoms with Gasteiger partial charge in [-0.05, 0) is 25.5 Å². The zero-order chi connectivity index (χ0) is 12.1. The molecule has 2 aromatic heterocycles. The second kappa shape index (κ2) is 5.29. The lowest BCUT2D eigenvalue weighted by Gasteiger charge is -2.11. The van der Waals surface area contributed by atoms with E-state index in [0.717, 1.165) is 18.6 Å². The minimum absolute atomic E-state index is 0.0595. The van der Waals surface area contributed by atoms with Crippen LogP contribution in [0.1, 0.15) is 29.6 Å². The molecule has 0 saturated heterocycles. The van der Waals surface area contributed by atoms with E-state index < -0.39 is 0 Å². The number of H-pyrrole nitrogens is 1. The molecule has 17 heavy (non-hydrogen) atoms. The second-order valence-electron chi connectivity index (χ2n) is 3.85. The molecule has 1 amide bonds. The molecule has 2 heterocycles. The van der Waals surface area contributed by atoms with Crippen LogP contribution in [0.4, 0.5) is 0 Å². The van der Waals surface area contributed by atoms with E-state index in [9.17, 15) is 4.79 Å². The maximum Gasteiger partial charge on any atom is 0.273 e. The van der Waals surface area contributed by atoms with Crippen molar-refractivity contribution >= 4 is 5.91 Å². The fourth-order valence-electron chi connectivity index (χ4n) is 1.49. The van der Waals surface area contributed by atoms with Gasteiger partial charge >= 0.3 is 0 Å². The van der Waals surface area contributed by atoms with E-state index in [-0.39, 0.29) is 11.9 Å². The van der Waals surface area contributed by atoms with Crippen LogP contribution in [0.25, 0.3) is 0 Å². The first-order valence-corrected chi connectivity index (χ1v) is 5.44. The van der Waals surface area contributed by atoms with E-state index in [1.54, 1.807) is 6.26 Å². The maximum atomic E-state index is 11.6. The largest absolute Gasteiger partial charge is 0.469 e. The van der Waals surface area contributed by atoms with E-state index in [2.05, 4.69) is 20.7 Å². The molecule has 0 spiro atoms. The van der Waals surface area contributed by atoms with Gasteiger partial charge in [0.1, 0.15) is 5.76 Å². The number of hydrogen-bond donors (Lipinski definition) is 2. The molecule has 2 rings (SSSR count). The summed E-state index contributed by atoms with van der Waals surface area (Å²) in [6.45, 7) is 1.95. The molecule has 0 aliphatic carbocycles. The minimum Gasteiger partial charge on any atom is -0.469 e. The predicted molar refractivity (Wildman–Crippen MR) is 60.3 cm³/mol. The summed E-state index contributed by atoms with van der Waals surface area (Å²) in [5.41, 5.74) is 0.301. The number of aromatic amines is 1. The van der Waals surface area contributed by atoms with E-state index in [1.807, 2.05) is 19.1 Å². The lowest BCUT2D eigenvalue weighted by Crippen LogP contribution is -2.33. The quantitative estimate of drug-likeness (QED) is 0.812. The van der Waals surface area contributed by atoms with Gasteiger partial charge in [-0.2, -0.15) is 15.4 Å². The highest BCUT2D eigenvalue weighted by atomic mass is 16.3. The molecule has 1 atom stereocenters. The normalized spacial score (nSPS) is 12.3. The Balaban J connectivity index is 1.77. The van der Waals surface area contributed by atoms with Crippen molar-refractivity contribution in [1.29, 1.82) is 0 Å². The van der Waals surface area contributed by atoms with Gasteiger partial charge in [-0.25, -0.2) is 0 Å². The number of amides is 1. The topological polar surface area (TPSA) is 83.8 Å². The number of nitrogens with one attached hydrogen (secondary N) is 2. The van der Waals surface area contributed by atoms with Gasteiger partial charge in [0.05, 0.1) is 12.5 Å². The summed E-state index contributed by atoms with van der Waals surface area (Å²) in [7, 11) is 0. The molecule has 1 unspecified atom stereocenters. The Morgan fingerprint density at radius 1 is 1.65 bits per heavy atom. The van der Waals surface area contributed by atoms with Crippen LogP contribution in [0.3, 0.4) is 0 Å². The fraction of sp³-hybridized carbons (Fsp3) is 0.364. The van der Waals surface area contributed by atoms with Crippen molar-refractivity contribution in [1.82, 2.24) is 20.7 Å². The first-order chi connectivity index (χ1) is 8.25. The Labute approximate surface area is 98.4 Å². The number of furan rings is 1. The summed E-state index contributed by atoms with van der Waals surface area (Å²) in [5.74, 6) is 0.707. The van der Waals surface area contributed by atoms with E-state index in [4.69, 9.17) is 4.42 Å². The number of rotatable bonds is 5. The molecular weight excluding hydrogens is 220 g/mol. The Morgan fingerprint density at radius 2 is 2.53 bits per heavy atom. The Bertz CT molecular complexity index is 450. The summed E-state index contributed by atoms with van der Waals surface area (Å²) in [6.07, 6.45) is 4.66. The maximum absolute atomic E-state index is 11.6. The summed E-state index contributed by atoms with van der Waals surface area (Å²) < 4.78 is 5.22.